The molecule has 2 N–H and O–H groups in total. The average molecular weight is 216 g/mol. The van der Waals surface area contributed by atoms with E-state index < -0.39 is 0 Å². The minimum Gasteiger partial charge on any atom is -0.395 e. The van der Waals surface area contributed by atoms with Crippen molar-refractivity contribution in [2.45, 2.75) is 25.3 Å². The molecular weight excluding hydrogens is 192 g/mol. The third kappa shape index (κ3) is 4.93. The number of piperidine rings is 1. The second-order valence-electron chi connectivity index (χ2n) is 4.11. The number of hydrogen-bond donors (Lipinski definition) is 2. The number of aliphatic hydroxyl groups is 1. The topological polar surface area (TPSA) is 44.7 Å². The third-order valence-corrected chi connectivity index (χ3v) is 3.00. The van der Waals surface area contributed by atoms with Gasteiger partial charge in [0.05, 0.1) is 13.2 Å². The zero-order valence-corrected chi connectivity index (χ0v) is 9.74. The molecule has 1 saturated heterocycles. The van der Waals surface area contributed by atoms with E-state index in [2.05, 4.69) is 10.2 Å². The summed E-state index contributed by atoms with van der Waals surface area (Å²) in [5, 5.41) is 12.4. The summed E-state index contributed by atoms with van der Waals surface area (Å²) in [4.78, 5) is 2.39. The van der Waals surface area contributed by atoms with Crippen LogP contribution in [0.1, 0.15) is 19.3 Å². The van der Waals surface area contributed by atoms with Crippen molar-refractivity contribution in [3.8, 4) is 0 Å². The Hall–Kier alpha value is -0.160. The third-order valence-electron chi connectivity index (χ3n) is 3.00. The van der Waals surface area contributed by atoms with Gasteiger partial charge in [-0.25, -0.2) is 0 Å². The van der Waals surface area contributed by atoms with Crippen LogP contribution in [0.15, 0.2) is 0 Å². The molecule has 4 heteroatoms. The lowest BCUT2D eigenvalue weighted by Gasteiger charge is -2.35. The number of methoxy groups -OCH3 is 1. The Bertz CT molecular complexity index is 154. The molecule has 0 amide bonds. The van der Waals surface area contributed by atoms with Gasteiger partial charge in [0.1, 0.15) is 0 Å². The smallest absolute Gasteiger partial charge is 0.0587 e. The lowest BCUT2D eigenvalue weighted by atomic mass is 10.0. The van der Waals surface area contributed by atoms with Crippen LogP contribution < -0.4 is 5.32 Å². The first kappa shape index (κ1) is 12.9. The van der Waals surface area contributed by atoms with Gasteiger partial charge in [-0.1, -0.05) is 6.42 Å². The van der Waals surface area contributed by atoms with Crippen LogP contribution in [-0.2, 0) is 4.74 Å². The fourth-order valence-corrected chi connectivity index (χ4v) is 2.16. The van der Waals surface area contributed by atoms with E-state index in [0.717, 1.165) is 32.8 Å². The van der Waals surface area contributed by atoms with E-state index in [1.165, 1.54) is 19.3 Å². The van der Waals surface area contributed by atoms with Gasteiger partial charge in [0.2, 0.25) is 0 Å². The largest absolute Gasteiger partial charge is 0.395 e. The van der Waals surface area contributed by atoms with Crippen molar-refractivity contribution >= 4 is 0 Å². The number of hydrogen-bond acceptors (Lipinski definition) is 4. The van der Waals surface area contributed by atoms with Gasteiger partial charge in [-0.05, 0) is 19.4 Å². The Kier molecular flexibility index (Phi) is 6.92. The second-order valence-corrected chi connectivity index (χ2v) is 4.11. The molecule has 0 aromatic carbocycles. The van der Waals surface area contributed by atoms with Crippen molar-refractivity contribution in [3.05, 3.63) is 0 Å². The minimum atomic E-state index is 0.272. The van der Waals surface area contributed by atoms with Crippen molar-refractivity contribution in [1.29, 1.82) is 0 Å². The summed E-state index contributed by atoms with van der Waals surface area (Å²) >= 11 is 0. The quantitative estimate of drug-likeness (QED) is 0.591. The zero-order valence-electron chi connectivity index (χ0n) is 9.74. The average Bonchev–Trinajstić information content (AvgIpc) is 2.27. The van der Waals surface area contributed by atoms with Crippen LogP contribution in [0.2, 0.25) is 0 Å². The predicted molar refractivity (Wildman–Crippen MR) is 61.0 cm³/mol. The molecule has 1 aliphatic heterocycles. The summed E-state index contributed by atoms with van der Waals surface area (Å²) in [6, 6.07) is 0.600. The monoisotopic (exact) mass is 216 g/mol. The lowest BCUT2D eigenvalue weighted by molar-refractivity contribution is 0.113. The van der Waals surface area contributed by atoms with E-state index >= 15 is 0 Å². The first-order valence-corrected chi connectivity index (χ1v) is 5.93. The molecule has 1 rings (SSSR count). The van der Waals surface area contributed by atoms with Crippen LogP contribution in [0, 0.1) is 0 Å². The van der Waals surface area contributed by atoms with Crippen molar-refractivity contribution in [2.75, 3.05) is 46.5 Å². The number of nitrogens with one attached hydrogen (secondary N) is 1. The molecule has 0 saturated carbocycles. The molecule has 1 unspecified atom stereocenters. The standard InChI is InChI=1S/C11H24N2O2/c1-15-9-5-12-10-11-4-2-3-6-13(11)7-8-14/h11-12,14H,2-10H2,1H3. The highest BCUT2D eigenvalue weighted by Gasteiger charge is 2.20. The van der Waals surface area contributed by atoms with Gasteiger partial charge < -0.3 is 15.2 Å². The molecule has 1 aliphatic rings. The van der Waals surface area contributed by atoms with Crippen molar-refractivity contribution in [1.82, 2.24) is 10.2 Å². The van der Waals surface area contributed by atoms with Gasteiger partial charge in [-0.3, -0.25) is 4.90 Å². The van der Waals surface area contributed by atoms with Crippen LogP contribution in [0.5, 0.6) is 0 Å². The summed E-state index contributed by atoms with van der Waals surface area (Å²) in [6.07, 6.45) is 3.84. The first-order valence-electron chi connectivity index (χ1n) is 5.93. The van der Waals surface area contributed by atoms with Crippen LogP contribution in [0.3, 0.4) is 0 Å². The van der Waals surface area contributed by atoms with Gasteiger partial charge in [0.15, 0.2) is 0 Å². The highest BCUT2D eigenvalue weighted by molar-refractivity contribution is 4.78. The number of ether oxygens (including phenoxy) is 1. The first-order chi connectivity index (χ1) is 7.38. The molecule has 15 heavy (non-hydrogen) atoms. The van der Waals surface area contributed by atoms with E-state index in [-0.39, 0.29) is 6.61 Å². The second kappa shape index (κ2) is 8.05. The summed E-state index contributed by atoms with van der Waals surface area (Å²) in [5.74, 6) is 0. The van der Waals surface area contributed by atoms with Crippen LogP contribution in [0.25, 0.3) is 0 Å². The maximum absolute atomic E-state index is 8.96. The van der Waals surface area contributed by atoms with Crippen LogP contribution in [0.4, 0.5) is 0 Å². The van der Waals surface area contributed by atoms with Gasteiger partial charge in [-0.2, -0.15) is 0 Å². The summed E-state index contributed by atoms with van der Waals surface area (Å²) in [7, 11) is 1.72. The normalized spacial score (nSPS) is 23.2. The summed E-state index contributed by atoms with van der Waals surface area (Å²) in [6.45, 7) is 4.93. The van der Waals surface area contributed by atoms with Gasteiger partial charge in [0, 0.05) is 32.8 Å². The Morgan fingerprint density at radius 2 is 2.33 bits per heavy atom. The zero-order chi connectivity index (χ0) is 10.9. The molecule has 1 fully saturated rings. The van der Waals surface area contributed by atoms with Crippen LogP contribution >= 0.6 is 0 Å². The Morgan fingerprint density at radius 1 is 1.47 bits per heavy atom. The fourth-order valence-electron chi connectivity index (χ4n) is 2.16. The molecule has 1 atom stereocenters. The molecular formula is C11H24N2O2. The summed E-state index contributed by atoms with van der Waals surface area (Å²) in [5.41, 5.74) is 0. The number of β-amino-alcohol motifs (C(OH)–C–C–N with tert-alkyl or cyclic N) is 1. The number of aliphatic hydroxyl groups excluding tert-OH is 1. The molecule has 0 aliphatic carbocycles. The molecule has 0 spiro atoms. The Labute approximate surface area is 92.6 Å². The maximum atomic E-state index is 8.96. The molecule has 1 heterocycles. The van der Waals surface area contributed by atoms with Gasteiger partial charge in [-0.15, -0.1) is 0 Å². The lowest BCUT2D eigenvalue weighted by Crippen LogP contribution is -2.47. The molecule has 0 aromatic heterocycles. The molecule has 90 valence electrons. The van der Waals surface area contributed by atoms with Crippen molar-refractivity contribution in [3.63, 3.8) is 0 Å². The number of nitrogens with zero attached hydrogens (tertiary/aromatic N) is 1. The summed E-state index contributed by atoms with van der Waals surface area (Å²) < 4.78 is 4.99. The van der Waals surface area contributed by atoms with Crippen molar-refractivity contribution < 1.29 is 9.84 Å². The number of likely N-dealkylation sites (tertiary alicyclic amines) is 1. The van der Waals surface area contributed by atoms with E-state index in [4.69, 9.17) is 9.84 Å². The number of rotatable bonds is 7. The van der Waals surface area contributed by atoms with E-state index in [9.17, 15) is 0 Å². The predicted octanol–water partition coefficient (Wildman–Crippen LogP) is 0.0692. The molecule has 4 nitrogen and oxygen atoms in total. The van der Waals surface area contributed by atoms with Gasteiger partial charge in [0.25, 0.3) is 0 Å². The Balaban J connectivity index is 2.17. The van der Waals surface area contributed by atoms with E-state index in [1.807, 2.05) is 0 Å². The molecule has 0 radical (unpaired) electrons. The van der Waals surface area contributed by atoms with Gasteiger partial charge >= 0.3 is 0 Å². The van der Waals surface area contributed by atoms with Crippen molar-refractivity contribution in [2.24, 2.45) is 0 Å². The SMILES string of the molecule is COCCNCC1CCCCN1CCO. The molecule has 0 aromatic rings. The highest BCUT2D eigenvalue weighted by Crippen LogP contribution is 2.15. The van der Waals surface area contributed by atoms with E-state index in [1.54, 1.807) is 7.11 Å². The van der Waals surface area contributed by atoms with E-state index in [0.29, 0.717) is 6.04 Å². The Morgan fingerprint density at radius 3 is 3.07 bits per heavy atom. The fraction of sp³-hybridized carbons (Fsp3) is 1.00. The highest BCUT2D eigenvalue weighted by atomic mass is 16.5. The molecule has 0 bridgehead atoms. The van der Waals surface area contributed by atoms with Crippen LogP contribution in [-0.4, -0.2) is 62.6 Å². The maximum Gasteiger partial charge on any atom is 0.0587 e. The minimum absolute atomic E-state index is 0.272.